The van der Waals surface area contributed by atoms with Crippen LogP contribution in [-0.4, -0.2) is 12.7 Å². The van der Waals surface area contributed by atoms with E-state index in [1.807, 2.05) is 31.2 Å². The van der Waals surface area contributed by atoms with Crippen LogP contribution >= 0.6 is 0 Å². The molecule has 0 fully saturated rings. The molecule has 0 aliphatic heterocycles. The molecule has 0 saturated heterocycles. The van der Waals surface area contributed by atoms with Crippen LogP contribution in [0.5, 0.6) is 0 Å². The summed E-state index contributed by atoms with van der Waals surface area (Å²) in [5.74, 6) is 0. The maximum atomic E-state index is 10.9. The van der Waals surface area contributed by atoms with Gasteiger partial charge >= 0.3 is 6.03 Å². The Morgan fingerprint density at radius 2 is 2.07 bits per heavy atom. The Kier molecular flexibility index (Phi) is 3.67. The van der Waals surface area contributed by atoms with Gasteiger partial charge in [0, 0.05) is 13.3 Å². The summed E-state index contributed by atoms with van der Waals surface area (Å²) >= 11 is 0. The molecular weight excluding hydrogens is 178 g/mol. The molecule has 2 amide bonds. The molecule has 14 heavy (non-hydrogen) atoms. The number of nitrogens with one attached hydrogen (secondary N) is 2. The average Bonchev–Trinajstić information content (AvgIpc) is 2.17. The minimum absolute atomic E-state index is 0.347. The zero-order chi connectivity index (χ0) is 10.4. The molecule has 0 bridgehead atoms. The summed E-state index contributed by atoms with van der Waals surface area (Å²) in [5.41, 5.74) is 4.44. The van der Waals surface area contributed by atoms with Gasteiger partial charge in [-0.2, -0.15) is 5.10 Å². The van der Waals surface area contributed by atoms with Gasteiger partial charge in [-0.1, -0.05) is 29.8 Å². The molecule has 0 saturated carbocycles. The van der Waals surface area contributed by atoms with E-state index in [-0.39, 0.29) is 6.03 Å². The maximum Gasteiger partial charge on any atom is 0.335 e. The molecule has 2 N–H and O–H groups in total. The first-order valence-corrected chi connectivity index (χ1v) is 4.27. The fraction of sp³-hybridized carbons (Fsp3) is 0.200. The summed E-state index contributed by atoms with van der Waals surface area (Å²) < 4.78 is 0. The zero-order valence-electron chi connectivity index (χ0n) is 8.08. The molecule has 0 radical (unpaired) electrons. The lowest BCUT2D eigenvalue weighted by atomic mass is 10.1. The summed E-state index contributed by atoms with van der Waals surface area (Å²) in [4.78, 5) is 10.9. The first-order chi connectivity index (χ1) is 6.72. The van der Waals surface area contributed by atoms with Crippen LogP contribution in [-0.2, 0) is 6.54 Å². The number of amides is 2. The number of benzene rings is 1. The summed E-state index contributed by atoms with van der Waals surface area (Å²) in [5, 5.41) is 5.89. The molecule has 0 aliphatic rings. The number of hydrazone groups is 1. The Hall–Kier alpha value is -1.84. The average molecular weight is 191 g/mol. The number of carbonyl (C=O) groups excluding carboxylic acids is 1. The van der Waals surface area contributed by atoms with Crippen LogP contribution in [0.25, 0.3) is 0 Å². The summed E-state index contributed by atoms with van der Waals surface area (Å²) in [6.07, 6.45) is 0. The Labute approximate surface area is 83.0 Å². The third-order valence-electron chi connectivity index (χ3n) is 1.75. The second kappa shape index (κ2) is 5.01. The maximum absolute atomic E-state index is 10.9. The van der Waals surface area contributed by atoms with Crippen LogP contribution in [0.1, 0.15) is 11.1 Å². The molecule has 4 heteroatoms. The van der Waals surface area contributed by atoms with E-state index >= 15 is 0 Å². The number of urea groups is 1. The van der Waals surface area contributed by atoms with Crippen LogP contribution in [0.15, 0.2) is 29.4 Å². The van der Waals surface area contributed by atoms with Crippen LogP contribution < -0.4 is 10.7 Å². The van der Waals surface area contributed by atoms with Crippen molar-refractivity contribution in [3.05, 3.63) is 35.4 Å². The van der Waals surface area contributed by atoms with Crippen LogP contribution in [0.3, 0.4) is 0 Å². The molecule has 0 heterocycles. The molecule has 0 aromatic heterocycles. The Morgan fingerprint density at radius 3 is 2.64 bits per heavy atom. The van der Waals surface area contributed by atoms with Gasteiger partial charge in [0.15, 0.2) is 0 Å². The monoisotopic (exact) mass is 191 g/mol. The van der Waals surface area contributed by atoms with E-state index < -0.39 is 0 Å². The van der Waals surface area contributed by atoms with Crippen molar-refractivity contribution >= 4 is 12.7 Å². The lowest BCUT2D eigenvalue weighted by Gasteiger charge is -2.04. The SMILES string of the molecule is C=NNC(=O)NCc1ccc(C)cc1. The van der Waals surface area contributed by atoms with Crippen molar-refractivity contribution in [2.75, 3.05) is 0 Å². The molecule has 0 spiro atoms. The van der Waals surface area contributed by atoms with E-state index in [0.717, 1.165) is 5.56 Å². The Bertz CT molecular complexity index is 319. The minimum atomic E-state index is -0.347. The smallest absolute Gasteiger partial charge is 0.333 e. The normalized spacial score (nSPS) is 9.21. The van der Waals surface area contributed by atoms with Crippen LogP contribution in [0, 0.1) is 6.92 Å². The highest BCUT2D eigenvalue weighted by atomic mass is 16.2. The van der Waals surface area contributed by atoms with E-state index in [1.165, 1.54) is 5.56 Å². The van der Waals surface area contributed by atoms with Crippen molar-refractivity contribution < 1.29 is 4.79 Å². The van der Waals surface area contributed by atoms with Gasteiger partial charge in [-0.25, -0.2) is 10.2 Å². The van der Waals surface area contributed by atoms with Crippen molar-refractivity contribution in [3.8, 4) is 0 Å². The standard InChI is InChI=1S/C10H13N3O/c1-8-3-5-9(6-4-8)7-12-10(14)13-11-2/h3-6H,2,7H2,1H3,(H2,12,13,14). The zero-order valence-corrected chi connectivity index (χ0v) is 8.08. The lowest BCUT2D eigenvalue weighted by Crippen LogP contribution is -2.31. The topological polar surface area (TPSA) is 53.5 Å². The van der Waals surface area contributed by atoms with E-state index in [0.29, 0.717) is 6.54 Å². The quantitative estimate of drug-likeness (QED) is 0.551. The van der Waals surface area contributed by atoms with Crippen LogP contribution in [0.4, 0.5) is 4.79 Å². The van der Waals surface area contributed by atoms with Crippen molar-refractivity contribution in [3.63, 3.8) is 0 Å². The number of hydrogen-bond donors (Lipinski definition) is 2. The molecule has 4 nitrogen and oxygen atoms in total. The van der Waals surface area contributed by atoms with E-state index in [4.69, 9.17) is 0 Å². The van der Waals surface area contributed by atoms with Gasteiger partial charge in [0.25, 0.3) is 0 Å². The fourth-order valence-corrected chi connectivity index (χ4v) is 1.000. The molecular formula is C10H13N3O. The third kappa shape index (κ3) is 3.26. The minimum Gasteiger partial charge on any atom is -0.333 e. The van der Waals surface area contributed by atoms with Gasteiger partial charge in [-0.05, 0) is 12.5 Å². The van der Waals surface area contributed by atoms with Gasteiger partial charge in [0.05, 0.1) is 0 Å². The number of hydrogen-bond acceptors (Lipinski definition) is 2. The van der Waals surface area contributed by atoms with Gasteiger partial charge < -0.3 is 5.32 Å². The molecule has 1 aromatic carbocycles. The molecule has 1 aromatic rings. The predicted octanol–water partition coefficient (Wildman–Crippen LogP) is 1.41. The largest absolute Gasteiger partial charge is 0.335 e. The van der Waals surface area contributed by atoms with Crippen molar-refractivity contribution in [2.45, 2.75) is 13.5 Å². The second-order valence-corrected chi connectivity index (χ2v) is 2.94. The molecule has 74 valence electrons. The molecule has 0 aliphatic carbocycles. The molecule has 1 rings (SSSR count). The van der Waals surface area contributed by atoms with Gasteiger partial charge in [0.1, 0.15) is 0 Å². The van der Waals surface area contributed by atoms with Crippen molar-refractivity contribution in [1.29, 1.82) is 0 Å². The lowest BCUT2D eigenvalue weighted by molar-refractivity contribution is 0.241. The summed E-state index contributed by atoms with van der Waals surface area (Å²) in [7, 11) is 0. The summed E-state index contributed by atoms with van der Waals surface area (Å²) in [6.45, 7) is 5.65. The number of carbonyl (C=O) groups is 1. The van der Waals surface area contributed by atoms with E-state index in [9.17, 15) is 4.79 Å². The van der Waals surface area contributed by atoms with Gasteiger partial charge in [0.2, 0.25) is 0 Å². The number of nitrogens with zero attached hydrogens (tertiary/aromatic N) is 1. The van der Waals surface area contributed by atoms with Gasteiger partial charge in [-0.15, -0.1) is 0 Å². The fourth-order valence-electron chi connectivity index (χ4n) is 1.000. The summed E-state index contributed by atoms with van der Waals surface area (Å²) in [6, 6.07) is 7.59. The van der Waals surface area contributed by atoms with E-state index in [1.54, 1.807) is 0 Å². The highest BCUT2D eigenvalue weighted by molar-refractivity contribution is 5.73. The van der Waals surface area contributed by atoms with Crippen molar-refractivity contribution in [2.24, 2.45) is 5.10 Å². The Morgan fingerprint density at radius 1 is 1.43 bits per heavy atom. The first kappa shape index (κ1) is 10.2. The molecule has 0 atom stereocenters. The van der Waals surface area contributed by atoms with Gasteiger partial charge in [-0.3, -0.25) is 0 Å². The highest BCUT2D eigenvalue weighted by Gasteiger charge is 1.97. The third-order valence-corrected chi connectivity index (χ3v) is 1.75. The van der Waals surface area contributed by atoms with E-state index in [2.05, 4.69) is 22.6 Å². The van der Waals surface area contributed by atoms with Crippen LogP contribution in [0.2, 0.25) is 0 Å². The number of aryl methyl sites for hydroxylation is 1. The second-order valence-electron chi connectivity index (χ2n) is 2.94. The highest BCUT2D eigenvalue weighted by Crippen LogP contribution is 2.01. The first-order valence-electron chi connectivity index (χ1n) is 4.27. The molecule has 0 unspecified atom stereocenters. The Balaban J connectivity index is 2.41. The van der Waals surface area contributed by atoms with Crippen molar-refractivity contribution in [1.82, 2.24) is 10.7 Å². The number of rotatable bonds is 3. The predicted molar refractivity (Wildman–Crippen MR) is 56.1 cm³/mol.